The van der Waals surface area contributed by atoms with Gasteiger partial charge < -0.3 is 14.8 Å². The molecule has 8 heteroatoms. The molecule has 1 amide bonds. The van der Waals surface area contributed by atoms with Crippen molar-refractivity contribution in [3.8, 4) is 0 Å². The molecule has 2 unspecified atom stereocenters. The number of benzene rings is 2. The molecule has 2 aromatic carbocycles. The van der Waals surface area contributed by atoms with Gasteiger partial charge in [0, 0.05) is 33.9 Å². The molecule has 1 heterocycles. The van der Waals surface area contributed by atoms with Crippen LogP contribution in [0.4, 0.5) is 0 Å². The Morgan fingerprint density at radius 1 is 1.20 bits per heavy atom. The van der Waals surface area contributed by atoms with E-state index in [9.17, 15) is 19.5 Å². The molecule has 1 fully saturated rings. The fourth-order valence-corrected chi connectivity index (χ4v) is 4.94. The van der Waals surface area contributed by atoms with Gasteiger partial charge in [-0.05, 0) is 18.5 Å². The van der Waals surface area contributed by atoms with Crippen LogP contribution in [0.1, 0.15) is 30.6 Å². The van der Waals surface area contributed by atoms with E-state index in [0.29, 0.717) is 5.56 Å². The molecule has 0 radical (unpaired) electrons. The van der Waals surface area contributed by atoms with Crippen molar-refractivity contribution in [3.63, 3.8) is 0 Å². The third-order valence-corrected chi connectivity index (χ3v) is 6.75. The summed E-state index contributed by atoms with van der Waals surface area (Å²) < 4.78 is 39.4. The number of nitrogens with zero attached hydrogens (tertiary/aromatic N) is 1. The number of carboxylic acid groups (broad SMARTS) is 1. The van der Waals surface area contributed by atoms with Crippen LogP contribution in [0.15, 0.2) is 65.4 Å². The molecule has 2 aromatic rings. The number of aliphatic carboxylic acids is 1. The van der Waals surface area contributed by atoms with Crippen molar-refractivity contribution >= 4 is 78.3 Å². The van der Waals surface area contributed by atoms with Crippen molar-refractivity contribution in [2.24, 2.45) is 5.92 Å². The molecule has 1 aliphatic rings. The molecule has 30 heavy (non-hydrogen) atoms. The average molecular weight is 474 g/mol. The number of carbonyl (C=O) groups is 3. The van der Waals surface area contributed by atoms with Crippen molar-refractivity contribution in [2.45, 2.75) is 29.5 Å². The molecule has 0 aromatic heterocycles. The summed E-state index contributed by atoms with van der Waals surface area (Å²) in [7, 11) is 0. The van der Waals surface area contributed by atoms with Gasteiger partial charge in [0.1, 0.15) is 0 Å². The van der Waals surface area contributed by atoms with E-state index in [-0.39, 0.29) is 78.6 Å². The monoisotopic (exact) mass is 473 g/mol. The van der Waals surface area contributed by atoms with E-state index < -0.39 is 47.2 Å². The van der Waals surface area contributed by atoms with Crippen LogP contribution in [-0.4, -0.2) is 83.2 Å². The first kappa shape index (κ1) is 18.6. The second kappa shape index (κ2) is 12.1. The minimum absolute atomic E-state index is 0. The molecule has 0 N–H and O–H groups in total. The summed E-state index contributed by atoms with van der Waals surface area (Å²) in [4.78, 5) is 38.3. The van der Waals surface area contributed by atoms with Crippen molar-refractivity contribution in [2.75, 3.05) is 12.3 Å². The van der Waals surface area contributed by atoms with Crippen LogP contribution in [0.25, 0.3) is 0 Å². The van der Waals surface area contributed by atoms with Crippen molar-refractivity contribution in [3.05, 3.63) is 66.1 Å². The number of thioether (sulfide) groups is 2. The first-order valence-electron chi connectivity index (χ1n) is 11.5. The Balaban J connectivity index is 0.00000432. The molecule has 1 aliphatic heterocycles. The molecular formula is C22H22CaNO4S2+. The second-order valence-corrected chi connectivity index (χ2v) is 8.92. The van der Waals surface area contributed by atoms with Crippen LogP contribution in [0.5, 0.6) is 0 Å². The Kier molecular flexibility index (Phi) is 7.52. The molecular weight excluding hydrogens is 446 g/mol. The van der Waals surface area contributed by atoms with E-state index in [2.05, 4.69) is 0 Å². The smallest absolute Gasteiger partial charge is 0.548 e. The molecule has 3 rings (SSSR count). The Morgan fingerprint density at radius 3 is 2.50 bits per heavy atom. The van der Waals surface area contributed by atoms with E-state index in [1.807, 2.05) is 0 Å². The number of hydrogen-bond acceptors (Lipinski definition) is 6. The van der Waals surface area contributed by atoms with Crippen LogP contribution >= 0.6 is 23.5 Å². The quantitative estimate of drug-likeness (QED) is 0.575. The topological polar surface area (TPSA) is 77.5 Å². The van der Waals surface area contributed by atoms with Gasteiger partial charge in [-0.15, -0.1) is 11.8 Å². The predicted octanol–water partition coefficient (Wildman–Crippen LogP) is 2.33. The predicted molar refractivity (Wildman–Crippen MR) is 119 cm³/mol. The van der Waals surface area contributed by atoms with Crippen LogP contribution in [-0.2, 0) is 9.59 Å². The maximum Gasteiger partial charge on any atom is 2.00 e. The maximum atomic E-state index is 13.0. The Bertz CT molecular complexity index is 1100. The zero-order valence-electron chi connectivity index (χ0n) is 21.3. The first-order chi connectivity index (χ1) is 16.0. The number of carboxylic acids is 1. The fourth-order valence-electron chi connectivity index (χ4n) is 3.03. The summed E-state index contributed by atoms with van der Waals surface area (Å²) in [6.07, 6.45) is 0.0176. The van der Waals surface area contributed by atoms with Gasteiger partial charge in [-0.3, -0.25) is 9.59 Å². The van der Waals surface area contributed by atoms with Crippen molar-refractivity contribution < 1.29 is 26.3 Å². The number of amides is 1. The van der Waals surface area contributed by atoms with Crippen molar-refractivity contribution in [1.29, 1.82) is 0 Å². The first-order valence-corrected chi connectivity index (χ1v) is 10.9. The number of likely N-dealkylation sites (tertiary alicyclic amines) is 1. The summed E-state index contributed by atoms with van der Waals surface area (Å²) in [5, 5.41) is 11.1. The zero-order chi connectivity index (χ0) is 25.2. The van der Waals surface area contributed by atoms with E-state index >= 15 is 0 Å². The Morgan fingerprint density at radius 2 is 1.87 bits per heavy atom. The number of carbonyl (C=O) groups excluding carboxylic acids is 3. The van der Waals surface area contributed by atoms with Crippen LogP contribution < -0.4 is 5.11 Å². The van der Waals surface area contributed by atoms with Gasteiger partial charge in [0.15, 0.2) is 0 Å². The van der Waals surface area contributed by atoms with Crippen LogP contribution in [0, 0.1) is 5.92 Å². The molecule has 152 valence electrons. The molecule has 0 spiro atoms. The Labute approximate surface area is 222 Å². The molecule has 0 bridgehead atoms. The SMILES string of the molecule is [2H]c1c([2H])c([2H])c(SC2C[C@H](C(=O)[O-])N(C(=O)C(C)CSC(=O)c3ccccc3)C2)c([2H])c1[2H].[Ca+2]. The van der Waals surface area contributed by atoms with Gasteiger partial charge in [0.25, 0.3) is 0 Å². The minimum Gasteiger partial charge on any atom is -0.548 e. The van der Waals surface area contributed by atoms with Crippen molar-refractivity contribution in [1.82, 2.24) is 4.90 Å². The molecule has 0 aliphatic carbocycles. The van der Waals surface area contributed by atoms with Gasteiger partial charge >= 0.3 is 37.7 Å². The molecule has 1 saturated heterocycles. The largest absolute Gasteiger partial charge is 2.00 e. The molecule has 5 nitrogen and oxygen atoms in total. The van der Waals surface area contributed by atoms with E-state index in [0.717, 1.165) is 23.5 Å². The number of rotatable bonds is 7. The second-order valence-electron chi connectivity index (χ2n) is 6.62. The van der Waals surface area contributed by atoms with Gasteiger partial charge in [0.05, 0.1) is 18.9 Å². The van der Waals surface area contributed by atoms with Gasteiger partial charge in [0.2, 0.25) is 11.0 Å². The third kappa shape index (κ3) is 6.75. The van der Waals surface area contributed by atoms with Crippen LogP contribution in [0.3, 0.4) is 0 Å². The normalized spacial score (nSPS) is 21.4. The standard InChI is InChI=1S/C22H23NO4S2.Ca/c1-15(14-28-22(27)16-8-4-2-5-9-16)20(24)23-13-18(12-19(23)21(25)26)29-17-10-6-3-7-11-17;/h2-11,15,18-19H,12-14H2,1H3,(H,25,26);/q;+2/p-1/t15?,18?,19-;/m1./s1/i3D,6D,7D,10D,11D;. The fraction of sp³-hybridized carbons (Fsp3) is 0.318. The van der Waals surface area contributed by atoms with E-state index in [1.54, 1.807) is 37.3 Å². The summed E-state index contributed by atoms with van der Waals surface area (Å²) in [5.41, 5.74) is 0.510. The third-order valence-electron chi connectivity index (χ3n) is 4.47. The average Bonchev–Trinajstić information content (AvgIpc) is 3.26. The summed E-state index contributed by atoms with van der Waals surface area (Å²) >= 11 is 1.95. The summed E-state index contributed by atoms with van der Waals surface area (Å²) in [6.45, 7) is 1.64. The Hall–Kier alpha value is -0.990. The maximum absolute atomic E-state index is 13.0. The van der Waals surface area contributed by atoms with Gasteiger partial charge in [-0.25, -0.2) is 0 Å². The minimum atomic E-state index is -1.42. The van der Waals surface area contributed by atoms with E-state index in [1.165, 1.54) is 4.90 Å². The molecule has 0 saturated carbocycles. The van der Waals surface area contributed by atoms with Gasteiger partial charge in [-0.1, -0.05) is 67.1 Å². The summed E-state index contributed by atoms with van der Waals surface area (Å²) in [6, 6.07) is 5.24. The summed E-state index contributed by atoms with van der Waals surface area (Å²) in [5.74, 6) is -2.32. The van der Waals surface area contributed by atoms with E-state index in [4.69, 9.17) is 6.85 Å². The van der Waals surface area contributed by atoms with Gasteiger partial charge in [-0.2, -0.15) is 0 Å². The zero-order valence-corrected chi connectivity index (χ0v) is 20.2. The van der Waals surface area contributed by atoms with Crippen LogP contribution in [0.2, 0.25) is 0 Å². The molecule has 3 atom stereocenters. The number of hydrogen-bond donors (Lipinski definition) is 0.